The summed E-state index contributed by atoms with van der Waals surface area (Å²) in [5.74, 6) is -8.38. The van der Waals surface area contributed by atoms with Gasteiger partial charge in [-0.1, -0.05) is 11.6 Å². The SMILES string of the molecule is COCCOc1cc2ncnc(Nc3ccc(F)c(Cl)c3)c2cc1N1OC(=O)/C=C/C(=O)O/C(=C2/CCN(CCOC)C3(C2)OC(=O)C=CC(=O)O3)C1=O. The number of hydrogen-bond donors (Lipinski definition) is 1. The molecular weight excluding hydrogens is 737 g/mol. The standard InChI is InChI=1S/C35H31ClFN5O12/c1-48-12-11-41-10-9-20(18-35(41)52-29(44)6-7-30(45)53-35)32-34(47)42(54-31(46)8-5-28(43)51-32)26-16-22-25(17-27(26)50-14-13-49-2)38-19-39-33(22)40-21-3-4-24(37)23(36)15-21/h3-8,15-17,19H,9-14,18H2,1-2H3,(H,38,39,40)/b8-5+,32-20-. The fourth-order valence-corrected chi connectivity index (χ4v) is 5.85. The van der Waals surface area contributed by atoms with E-state index >= 15 is 0 Å². The number of piperidine rings is 1. The second kappa shape index (κ2) is 16.4. The lowest BCUT2D eigenvalue weighted by molar-refractivity contribution is -0.288. The molecule has 1 aromatic heterocycles. The molecule has 4 heterocycles. The molecule has 0 saturated carbocycles. The van der Waals surface area contributed by atoms with Crippen molar-refractivity contribution in [2.24, 2.45) is 0 Å². The number of halogens is 2. The third kappa shape index (κ3) is 8.31. The van der Waals surface area contributed by atoms with Crippen molar-refractivity contribution < 1.29 is 61.6 Å². The minimum Gasteiger partial charge on any atom is -0.489 e. The van der Waals surface area contributed by atoms with Crippen LogP contribution in [-0.2, 0) is 52.5 Å². The van der Waals surface area contributed by atoms with Gasteiger partial charge in [-0.15, -0.1) is 5.06 Å². The number of cyclic esters (lactones) is 1. The highest BCUT2D eigenvalue weighted by Crippen LogP contribution is 2.40. The van der Waals surface area contributed by atoms with E-state index in [0.29, 0.717) is 16.3 Å². The number of aromatic nitrogens is 2. The summed E-state index contributed by atoms with van der Waals surface area (Å²) in [6.07, 6.45) is 4.14. The maximum absolute atomic E-state index is 14.7. The predicted octanol–water partition coefficient (Wildman–Crippen LogP) is 3.40. The van der Waals surface area contributed by atoms with Gasteiger partial charge in [-0.05, 0) is 36.3 Å². The van der Waals surface area contributed by atoms with Gasteiger partial charge in [0.1, 0.15) is 36.0 Å². The smallest absolute Gasteiger partial charge is 0.356 e. The Balaban J connectivity index is 1.49. The van der Waals surface area contributed by atoms with Crippen LogP contribution in [0.25, 0.3) is 10.9 Å². The van der Waals surface area contributed by atoms with Crippen LogP contribution in [0.3, 0.4) is 0 Å². The molecule has 17 nitrogen and oxygen atoms in total. The molecule has 3 aliphatic rings. The topological polar surface area (TPSA) is 194 Å². The lowest BCUT2D eigenvalue weighted by Crippen LogP contribution is -2.58. The number of rotatable bonds is 10. The van der Waals surface area contributed by atoms with E-state index < -0.39 is 53.7 Å². The molecule has 19 heteroatoms. The number of fused-ring (bicyclic) bond motifs is 1. The van der Waals surface area contributed by atoms with E-state index in [1.165, 1.54) is 49.7 Å². The highest BCUT2D eigenvalue weighted by Gasteiger charge is 2.50. The van der Waals surface area contributed by atoms with Gasteiger partial charge in [0.2, 0.25) is 0 Å². The van der Waals surface area contributed by atoms with Gasteiger partial charge in [-0.25, -0.2) is 38.4 Å². The van der Waals surface area contributed by atoms with E-state index in [-0.39, 0.29) is 72.6 Å². The van der Waals surface area contributed by atoms with Gasteiger partial charge in [-0.3, -0.25) is 4.79 Å². The quantitative estimate of drug-likeness (QED) is 0.179. The van der Waals surface area contributed by atoms with Gasteiger partial charge in [0.05, 0.1) is 30.2 Å². The van der Waals surface area contributed by atoms with Crippen LogP contribution in [0.15, 0.2) is 72.3 Å². The van der Waals surface area contributed by atoms with Crippen molar-refractivity contribution in [3.8, 4) is 5.75 Å². The van der Waals surface area contributed by atoms with Crippen LogP contribution in [0.5, 0.6) is 5.75 Å². The number of nitrogens with one attached hydrogen (secondary N) is 1. The number of carbonyl (C=O) groups excluding carboxylic acids is 5. The Bertz CT molecular complexity index is 2090. The number of anilines is 3. The van der Waals surface area contributed by atoms with Gasteiger partial charge < -0.3 is 38.6 Å². The first-order chi connectivity index (χ1) is 26.0. The van der Waals surface area contributed by atoms with Crippen LogP contribution in [0.4, 0.5) is 21.6 Å². The summed E-state index contributed by atoms with van der Waals surface area (Å²) in [6, 6.07) is 6.76. The molecule has 2 aromatic carbocycles. The summed E-state index contributed by atoms with van der Waals surface area (Å²) in [5, 5.41) is 3.72. The van der Waals surface area contributed by atoms with E-state index in [0.717, 1.165) is 30.4 Å². The van der Waals surface area contributed by atoms with Crippen molar-refractivity contribution in [3.63, 3.8) is 0 Å². The number of methoxy groups -OCH3 is 2. The van der Waals surface area contributed by atoms with Gasteiger partial charge >= 0.3 is 35.7 Å². The van der Waals surface area contributed by atoms with Crippen molar-refractivity contribution in [1.82, 2.24) is 14.9 Å². The zero-order valence-electron chi connectivity index (χ0n) is 28.7. The largest absolute Gasteiger partial charge is 0.489 e. The first kappa shape index (κ1) is 37.8. The molecule has 1 N–H and O–H groups in total. The molecule has 1 fully saturated rings. The number of hydrogen-bond acceptors (Lipinski definition) is 16. The van der Waals surface area contributed by atoms with Crippen LogP contribution in [0.2, 0.25) is 5.02 Å². The number of ether oxygens (including phenoxy) is 6. The molecule has 1 amide bonds. The molecule has 6 rings (SSSR count). The third-order valence-corrected chi connectivity index (χ3v) is 8.43. The zero-order valence-corrected chi connectivity index (χ0v) is 29.4. The molecule has 0 aliphatic carbocycles. The number of nitrogens with zero attached hydrogens (tertiary/aromatic N) is 4. The number of likely N-dealkylation sites (tertiary alicyclic amines) is 1. The molecule has 0 radical (unpaired) electrons. The summed E-state index contributed by atoms with van der Waals surface area (Å²) in [4.78, 5) is 81.7. The molecular formula is C35H31ClFN5O12. The van der Waals surface area contributed by atoms with Crippen molar-refractivity contribution in [1.29, 1.82) is 0 Å². The van der Waals surface area contributed by atoms with E-state index in [4.69, 9.17) is 44.9 Å². The fraction of sp³-hybridized carbons (Fsp3) is 0.286. The summed E-state index contributed by atoms with van der Waals surface area (Å²) in [7, 11) is 2.91. The Hall–Kier alpha value is -5.95. The molecule has 0 bridgehead atoms. The third-order valence-electron chi connectivity index (χ3n) is 8.14. The van der Waals surface area contributed by atoms with Gasteiger partial charge in [-0.2, -0.15) is 0 Å². The number of hydroxylamine groups is 1. The minimum absolute atomic E-state index is 0.0161. The predicted molar refractivity (Wildman–Crippen MR) is 184 cm³/mol. The molecule has 1 spiro atoms. The molecule has 282 valence electrons. The maximum atomic E-state index is 14.7. The average molecular weight is 768 g/mol. The summed E-state index contributed by atoms with van der Waals surface area (Å²) in [5.41, 5.74) is 0.571. The number of esters is 3. The highest BCUT2D eigenvalue weighted by atomic mass is 35.5. The maximum Gasteiger partial charge on any atom is 0.356 e. The normalized spacial score (nSPS) is 19.6. The number of benzene rings is 2. The van der Waals surface area contributed by atoms with Crippen LogP contribution in [0, 0.1) is 5.82 Å². The minimum atomic E-state index is -2.07. The first-order valence-electron chi connectivity index (χ1n) is 16.2. The average Bonchev–Trinajstić information content (AvgIpc) is 3.25. The second-order valence-corrected chi connectivity index (χ2v) is 12.1. The highest BCUT2D eigenvalue weighted by molar-refractivity contribution is 6.31. The van der Waals surface area contributed by atoms with Crippen molar-refractivity contribution >= 4 is 69.5 Å². The number of amides is 1. The number of carbonyl (C=O) groups is 5. The van der Waals surface area contributed by atoms with Crippen LogP contribution in [-0.4, -0.2) is 97.7 Å². The molecule has 3 aliphatic heterocycles. The van der Waals surface area contributed by atoms with E-state index in [2.05, 4.69) is 15.3 Å². The zero-order chi connectivity index (χ0) is 38.4. The Kier molecular flexibility index (Phi) is 11.5. The van der Waals surface area contributed by atoms with Crippen molar-refractivity contribution in [2.75, 3.05) is 57.5 Å². The van der Waals surface area contributed by atoms with Crippen LogP contribution < -0.4 is 15.1 Å². The molecule has 0 unspecified atom stereocenters. The summed E-state index contributed by atoms with van der Waals surface area (Å²) >= 11 is 5.99. The first-order valence-corrected chi connectivity index (χ1v) is 16.6. The van der Waals surface area contributed by atoms with Crippen molar-refractivity contribution in [2.45, 2.75) is 18.8 Å². The lowest BCUT2D eigenvalue weighted by Gasteiger charge is -2.44. The summed E-state index contributed by atoms with van der Waals surface area (Å²) < 4.78 is 47.0. The van der Waals surface area contributed by atoms with Gasteiger partial charge in [0.25, 0.3) is 0 Å². The lowest BCUT2D eigenvalue weighted by atomic mass is 9.97. The fourth-order valence-electron chi connectivity index (χ4n) is 5.67. The monoisotopic (exact) mass is 767 g/mol. The van der Waals surface area contributed by atoms with E-state index in [1.807, 2.05) is 0 Å². The molecule has 3 aromatic rings. The van der Waals surface area contributed by atoms with Crippen LogP contribution in [0.1, 0.15) is 12.8 Å². The molecule has 0 atom stereocenters. The van der Waals surface area contributed by atoms with Gasteiger partial charge in [0, 0.05) is 68.8 Å². The Morgan fingerprint density at radius 2 is 1.63 bits per heavy atom. The van der Waals surface area contributed by atoms with E-state index in [1.54, 1.807) is 0 Å². The summed E-state index contributed by atoms with van der Waals surface area (Å²) in [6.45, 7) is 0.423. The van der Waals surface area contributed by atoms with Crippen LogP contribution >= 0.6 is 11.6 Å². The second-order valence-electron chi connectivity index (χ2n) is 11.6. The van der Waals surface area contributed by atoms with Gasteiger partial charge in [0.15, 0.2) is 5.76 Å². The van der Waals surface area contributed by atoms with E-state index in [9.17, 15) is 28.4 Å². The Morgan fingerprint density at radius 1 is 0.907 bits per heavy atom. The molecule has 54 heavy (non-hydrogen) atoms. The Morgan fingerprint density at radius 3 is 2.35 bits per heavy atom. The van der Waals surface area contributed by atoms with Crippen molar-refractivity contribution in [3.05, 3.63) is 83.1 Å². The molecule has 1 saturated heterocycles. The Labute approximate surface area is 310 Å².